The summed E-state index contributed by atoms with van der Waals surface area (Å²) in [4.78, 5) is 1.40. The molecule has 30 heavy (non-hydrogen) atoms. The van der Waals surface area contributed by atoms with Gasteiger partial charge in [0.25, 0.3) is 0 Å². The second-order valence-corrected chi connectivity index (χ2v) is 9.83. The highest BCUT2D eigenvalue weighted by Crippen LogP contribution is 2.41. The van der Waals surface area contributed by atoms with Crippen molar-refractivity contribution in [3.63, 3.8) is 0 Å². The van der Waals surface area contributed by atoms with Gasteiger partial charge in [0, 0.05) is 15.8 Å². The van der Waals surface area contributed by atoms with Crippen LogP contribution < -0.4 is 5.32 Å². The summed E-state index contributed by atoms with van der Waals surface area (Å²) in [7, 11) is 0. The Hall–Kier alpha value is -2.26. The van der Waals surface area contributed by atoms with Crippen LogP contribution in [0.15, 0.2) is 77.7 Å². The minimum atomic E-state index is -0.216. The van der Waals surface area contributed by atoms with Crippen LogP contribution in [0.4, 0.5) is 10.1 Å². The van der Waals surface area contributed by atoms with E-state index in [1.165, 1.54) is 33.7 Å². The molecular formula is C27H32FNS. The Labute approximate surface area is 185 Å². The lowest BCUT2D eigenvalue weighted by atomic mass is 9.95. The zero-order valence-electron chi connectivity index (χ0n) is 18.5. The molecule has 1 N–H and O–H groups in total. The third kappa shape index (κ3) is 5.46. The van der Waals surface area contributed by atoms with Gasteiger partial charge in [-0.2, -0.15) is 0 Å². The maximum atomic E-state index is 13.4. The highest BCUT2D eigenvalue weighted by Gasteiger charge is 2.24. The molecule has 3 rings (SSSR count). The first kappa shape index (κ1) is 22.4. The lowest BCUT2D eigenvalue weighted by Gasteiger charge is -2.29. The van der Waals surface area contributed by atoms with Crippen LogP contribution in [0.25, 0.3) is 0 Å². The molecular weight excluding hydrogens is 389 g/mol. The lowest BCUT2D eigenvalue weighted by molar-refractivity contribution is 0.627. The number of thioether (sulfide) groups is 1. The predicted octanol–water partition coefficient (Wildman–Crippen LogP) is 8.41. The van der Waals surface area contributed by atoms with Gasteiger partial charge in [-0.25, -0.2) is 4.39 Å². The Kier molecular flexibility index (Phi) is 7.60. The van der Waals surface area contributed by atoms with Crippen LogP contribution >= 0.6 is 11.8 Å². The van der Waals surface area contributed by atoms with Gasteiger partial charge < -0.3 is 5.32 Å². The van der Waals surface area contributed by atoms with Gasteiger partial charge in [0.15, 0.2) is 0 Å². The van der Waals surface area contributed by atoms with E-state index in [1.807, 2.05) is 30.0 Å². The number of nitrogens with one attached hydrogen (secondary N) is 1. The van der Waals surface area contributed by atoms with E-state index in [9.17, 15) is 4.39 Å². The molecule has 0 aliphatic carbocycles. The number of rotatable bonds is 8. The largest absolute Gasteiger partial charge is 0.377 e. The summed E-state index contributed by atoms with van der Waals surface area (Å²) in [5, 5.41) is 3.93. The number of benzene rings is 3. The summed E-state index contributed by atoms with van der Waals surface area (Å²) < 4.78 is 13.4. The third-order valence-corrected chi connectivity index (χ3v) is 6.77. The molecule has 0 spiro atoms. The highest BCUT2D eigenvalue weighted by atomic mass is 32.2. The van der Waals surface area contributed by atoms with Crippen LogP contribution in [-0.4, -0.2) is 5.25 Å². The Morgan fingerprint density at radius 3 is 1.80 bits per heavy atom. The second-order valence-electron chi connectivity index (χ2n) is 8.44. The molecule has 3 heteroatoms. The first-order chi connectivity index (χ1) is 14.4. The van der Waals surface area contributed by atoms with Gasteiger partial charge >= 0.3 is 0 Å². The average Bonchev–Trinajstić information content (AvgIpc) is 2.73. The average molecular weight is 422 g/mol. The van der Waals surface area contributed by atoms with E-state index in [0.29, 0.717) is 11.8 Å². The van der Waals surface area contributed by atoms with Gasteiger partial charge in [-0.05, 0) is 52.8 Å². The molecule has 0 saturated carbocycles. The molecule has 0 radical (unpaired) electrons. The summed E-state index contributed by atoms with van der Waals surface area (Å²) in [6.07, 6.45) is 0. The molecule has 0 aliphatic heterocycles. The molecule has 1 nitrogen and oxygen atoms in total. The van der Waals surface area contributed by atoms with E-state index < -0.39 is 0 Å². The maximum absolute atomic E-state index is 13.4. The van der Waals surface area contributed by atoms with Crippen LogP contribution in [0, 0.1) is 5.82 Å². The van der Waals surface area contributed by atoms with E-state index in [4.69, 9.17) is 0 Å². The fraction of sp³-hybridized carbons (Fsp3) is 0.333. The van der Waals surface area contributed by atoms with Crippen LogP contribution in [0.2, 0.25) is 0 Å². The minimum Gasteiger partial charge on any atom is -0.377 e. The summed E-state index contributed by atoms with van der Waals surface area (Å²) in [5.41, 5.74) is 4.98. The van der Waals surface area contributed by atoms with Crippen molar-refractivity contribution in [2.45, 2.75) is 62.6 Å². The van der Waals surface area contributed by atoms with Gasteiger partial charge in [0.05, 0.1) is 6.04 Å². The molecule has 0 amide bonds. The normalized spacial score (nSPS) is 13.5. The van der Waals surface area contributed by atoms with E-state index in [0.717, 1.165) is 5.69 Å². The van der Waals surface area contributed by atoms with Crippen LogP contribution in [0.1, 0.15) is 69.2 Å². The smallest absolute Gasteiger partial charge is 0.123 e. The van der Waals surface area contributed by atoms with E-state index in [1.54, 1.807) is 0 Å². The van der Waals surface area contributed by atoms with Crippen LogP contribution in [0.5, 0.6) is 0 Å². The molecule has 0 aromatic heterocycles. The number of hydrogen-bond acceptors (Lipinski definition) is 2. The minimum absolute atomic E-state index is 0.0990. The fourth-order valence-electron chi connectivity index (χ4n) is 3.73. The third-order valence-electron chi connectivity index (χ3n) is 5.42. The molecule has 0 fully saturated rings. The SMILES string of the molecule is CC(C)c1cccc(C(C)C)c1S[C@H](C)[C@@H](Nc1ccc(F)cc1)c1ccccc1. The second kappa shape index (κ2) is 10.2. The Bertz CT molecular complexity index is 909. The summed E-state index contributed by atoms with van der Waals surface area (Å²) in [6, 6.07) is 24.0. The van der Waals surface area contributed by atoms with Crippen LogP contribution in [0.3, 0.4) is 0 Å². The van der Waals surface area contributed by atoms with E-state index in [-0.39, 0.29) is 17.1 Å². The van der Waals surface area contributed by atoms with Crippen molar-refractivity contribution < 1.29 is 4.39 Å². The number of hydrogen-bond donors (Lipinski definition) is 1. The molecule has 0 unspecified atom stereocenters. The highest BCUT2D eigenvalue weighted by molar-refractivity contribution is 8.00. The van der Waals surface area contributed by atoms with Crippen molar-refractivity contribution in [1.82, 2.24) is 0 Å². The van der Waals surface area contributed by atoms with Crippen molar-refractivity contribution in [2.75, 3.05) is 5.32 Å². The standard InChI is InChI=1S/C27H32FNS/c1-18(2)24-12-9-13-25(19(3)4)27(24)30-20(5)26(21-10-7-6-8-11-21)29-23-16-14-22(28)15-17-23/h6-20,26,29H,1-5H3/t20-,26-/m1/s1. The Balaban J connectivity index is 1.96. The zero-order valence-corrected chi connectivity index (χ0v) is 19.3. The monoisotopic (exact) mass is 421 g/mol. The van der Waals surface area contributed by atoms with E-state index in [2.05, 4.69) is 82.4 Å². The van der Waals surface area contributed by atoms with E-state index >= 15 is 0 Å². The topological polar surface area (TPSA) is 12.0 Å². The summed E-state index contributed by atoms with van der Waals surface area (Å²) >= 11 is 1.94. The van der Waals surface area contributed by atoms with Crippen LogP contribution in [-0.2, 0) is 0 Å². The summed E-state index contributed by atoms with van der Waals surface area (Å²) in [5.74, 6) is 0.726. The lowest BCUT2D eigenvalue weighted by Crippen LogP contribution is -2.21. The van der Waals surface area contributed by atoms with Gasteiger partial charge in [0.1, 0.15) is 5.82 Å². The summed E-state index contributed by atoms with van der Waals surface area (Å²) in [6.45, 7) is 11.3. The molecule has 0 heterocycles. The van der Waals surface area contributed by atoms with Gasteiger partial charge in [-0.1, -0.05) is 83.1 Å². The number of halogens is 1. The first-order valence-electron chi connectivity index (χ1n) is 10.7. The number of anilines is 1. The molecule has 0 bridgehead atoms. The van der Waals surface area contributed by atoms with Gasteiger partial charge in [0.2, 0.25) is 0 Å². The molecule has 2 atom stereocenters. The van der Waals surface area contributed by atoms with Gasteiger partial charge in [-0.15, -0.1) is 11.8 Å². The quantitative estimate of drug-likeness (QED) is 0.366. The molecule has 158 valence electrons. The fourth-order valence-corrected chi connectivity index (χ4v) is 5.34. The molecule has 0 saturated heterocycles. The Morgan fingerprint density at radius 2 is 1.27 bits per heavy atom. The van der Waals surface area contributed by atoms with Crippen molar-refractivity contribution in [3.05, 3.63) is 95.3 Å². The van der Waals surface area contributed by atoms with Crippen molar-refractivity contribution in [1.29, 1.82) is 0 Å². The first-order valence-corrected chi connectivity index (χ1v) is 11.6. The van der Waals surface area contributed by atoms with Crippen molar-refractivity contribution >= 4 is 17.4 Å². The molecule has 0 aliphatic rings. The van der Waals surface area contributed by atoms with Gasteiger partial charge in [-0.3, -0.25) is 0 Å². The maximum Gasteiger partial charge on any atom is 0.123 e. The Morgan fingerprint density at radius 1 is 0.700 bits per heavy atom. The zero-order chi connectivity index (χ0) is 21.7. The van der Waals surface area contributed by atoms with Crippen molar-refractivity contribution in [3.8, 4) is 0 Å². The van der Waals surface area contributed by atoms with Crippen molar-refractivity contribution in [2.24, 2.45) is 0 Å². The molecule has 3 aromatic carbocycles. The predicted molar refractivity (Wildman–Crippen MR) is 129 cm³/mol. The molecule has 3 aromatic rings.